The molecule has 0 aliphatic heterocycles. The number of fused-ring (bicyclic) bond motifs is 1. The molecule has 2 heterocycles. The number of pyridine rings is 2. The quantitative estimate of drug-likeness (QED) is 0.497. The molecule has 0 saturated carbocycles. The van der Waals surface area contributed by atoms with E-state index in [4.69, 9.17) is 34.8 Å². The summed E-state index contributed by atoms with van der Waals surface area (Å²) in [5, 5.41) is 10.4. The molecule has 9 heteroatoms. The highest BCUT2D eigenvalue weighted by molar-refractivity contribution is 6.49. The average Bonchev–Trinajstić information content (AvgIpc) is 2.27. The van der Waals surface area contributed by atoms with Crippen molar-refractivity contribution in [2.24, 2.45) is 0 Å². The first-order valence-corrected chi connectivity index (χ1v) is 5.27. The minimum atomic E-state index is -0.871. The summed E-state index contributed by atoms with van der Waals surface area (Å²) in [7, 11) is 0. The molecule has 2 aromatic heterocycles. The number of halogens is 3. The maximum atomic E-state index is 11.7. The molecule has 0 unspecified atom stereocenters. The van der Waals surface area contributed by atoms with Crippen LogP contribution >= 0.6 is 34.8 Å². The minimum absolute atomic E-state index is 0.00587. The van der Waals surface area contributed by atoms with E-state index < -0.39 is 16.0 Å². The van der Waals surface area contributed by atoms with E-state index in [-0.39, 0.29) is 26.2 Å². The predicted molar refractivity (Wildman–Crippen MR) is 64.0 cm³/mol. The summed E-state index contributed by atoms with van der Waals surface area (Å²) < 4.78 is 0. The van der Waals surface area contributed by atoms with Crippen molar-refractivity contribution in [1.82, 2.24) is 9.97 Å². The molecule has 0 spiro atoms. The molecule has 0 bridgehead atoms. The first-order chi connectivity index (χ1) is 7.93. The van der Waals surface area contributed by atoms with Gasteiger partial charge >= 0.3 is 5.69 Å². The smallest absolute Gasteiger partial charge is 0.334 e. The Morgan fingerprint density at radius 1 is 1.29 bits per heavy atom. The average molecular weight is 294 g/mol. The van der Waals surface area contributed by atoms with Crippen LogP contribution in [0, 0.1) is 10.1 Å². The van der Waals surface area contributed by atoms with Crippen molar-refractivity contribution in [3.05, 3.63) is 41.7 Å². The lowest BCUT2D eigenvalue weighted by Crippen LogP contribution is -2.11. The van der Waals surface area contributed by atoms with Gasteiger partial charge in [0, 0.05) is 0 Å². The highest BCUT2D eigenvalue weighted by Crippen LogP contribution is 2.32. The first-order valence-electron chi connectivity index (χ1n) is 4.13. The Balaban J connectivity index is 2.98. The van der Waals surface area contributed by atoms with Gasteiger partial charge in [-0.1, -0.05) is 34.8 Å². The zero-order valence-electron chi connectivity index (χ0n) is 7.83. The van der Waals surface area contributed by atoms with Gasteiger partial charge in [-0.3, -0.25) is 14.9 Å². The molecule has 2 aromatic rings. The zero-order chi connectivity index (χ0) is 12.7. The Morgan fingerprint density at radius 2 is 1.94 bits per heavy atom. The van der Waals surface area contributed by atoms with E-state index in [0.717, 1.165) is 6.20 Å². The summed E-state index contributed by atoms with van der Waals surface area (Å²) in [6, 6.07) is 0. The number of nitrogens with one attached hydrogen (secondary N) is 1. The Bertz CT molecular complexity index is 698. The van der Waals surface area contributed by atoms with E-state index in [9.17, 15) is 14.9 Å². The van der Waals surface area contributed by atoms with Gasteiger partial charge in [-0.05, 0) is 0 Å². The fraction of sp³-hybridized carbons (Fsp3) is 0. The standard InChI is InChI=1S/C8H2Cl3N3O3/c9-3-4(10)8(11)13-6-5(3)12-1-2(7(6)15)14(16)17/h1H,(H,12,15). The van der Waals surface area contributed by atoms with Crippen LogP contribution in [0.1, 0.15) is 0 Å². The number of nitrogens with zero attached hydrogens (tertiary/aromatic N) is 2. The van der Waals surface area contributed by atoms with Crippen LogP contribution in [0.3, 0.4) is 0 Å². The third-order valence-electron chi connectivity index (χ3n) is 2.04. The maximum absolute atomic E-state index is 11.7. The summed E-state index contributed by atoms with van der Waals surface area (Å²) >= 11 is 17.2. The van der Waals surface area contributed by atoms with Crippen LogP contribution in [0.2, 0.25) is 15.2 Å². The second kappa shape index (κ2) is 4.14. The van der Waals surface area contributed by atoms with Gasteiger partial charge < -0.3 is 4.98 Å². The number of aromatic amines is 1. The fourth-order valence-electron chi connectivity index (χ4n) is 1.27. The Hall–Kier alpha value is -1.37. The SMILES string of the molecule is O=c1c([N+](=O)[O-])c[nH]c2c(Cl)c(Cl)c(Cl)nc12. The van der Waals surface area contributed by atoms with Gasteiger partial charge in [0.25, 0.3) is 5.43 Å². The van der Waals surface area contributed by atoms with Gasteiger partial charge in [-0.15, -0.1) is 0 Å². The van der Waals surface area contributed by atoms with Gasteiger partial charge in [0.05, 0.1) is 26.7 Å². The molecule has 0 aliphatic rings. The third kappa shape index (κ3) is 1.84. The highest BCUT2D eigenvalue weighted by atomic mass is 35.5. The van der Waals surface area contributed by atoms with Crippen LogP contribution in [0.4, 0.5) is 5.69 Å². The van der Waals surface area contributed by atoms with Gasteiger partial charge in [0.15, 0.2) is 0 Å². The third-order valence-corrected chi connectivity index (χ3v) is 3.25. The molecule has 0 saturated heterocycles. The van der Waals surface area contributed by atoms with Gasteiger partial charge in [0.1, 0.15) is 10.7 Å². The normalized spacial score (nSPS) is 10.8. The van der Waals surface area contributed by atoms with Crippen molar-refractivity contribution >= 4 is 51.5 Å². The summed E-state index contributed by atoms with van der Waals surface area (Å²) in [6.07, 6.45) is 0.933. The van der Waals surface area contributed by atoms with Gasteiger partial charge in [-0.2, -0.15) is 0 Å². The van der Waals surface area contributed by atoms with Crippen molar-refractivity contribution < 1.29 is 4.92 Å². The second-order valence-electron chi connectivity index (χ2n) is 3.01. The molecule has 2 rings (SSSR count). The van der Waals surface area contributed by atoms with Gasteiger partial charge in [0.2, 0.25) is 0 Å². The summed E-state index contributed by atoms with van der Waals surface area (Å²) in [5.74, 6) is 0. The fourth-order valence-corrected chi connectivity index (χ4v) is 1.86. The molecule has 17 heavy (non-hydrogen) atoms. The van der Waals surface area contributed by atoms with Crippen LogP contribution in [0.15, 0.2) is 11.0 Å². The minimum Gasteiger partial charge on any atom is -0.353 e. The summed E-state index contributed by atoms with van der Waals surface area (Å²) in [6.45, 7) is 0. The largest absolute Gasteiger partial charge is 0.353 e. The number of H-pyrrole nitrogens is 1. The first kappa shape index (κ1) is 12.1. The predicted octanol–water partition coefficient (Wildman–Crippen LogP) is 2.79. The molecule has 1 N–H and O–H groups in total. The Morgan fingerprint density at radius 3 is 2.53 bits per heavy atom. The van der Waals surface area contributed by atoms with Crippen molar-refractivity contribution in [3.8, 4) is 0 Å². The molecule has 0 radical (unpaired) electrons. The number of hydrogen-bond acceptors (Lipinski definition) is 4. The van der Waals surface area contributed by atoms with Crippen LogP contribution in [-0.4, -0.2) is 14.9 Å². The summed E-state index contributed by atoms with van der Waals surface area (Å²) in [5.41, 5.74) is -1.63. The number of rotatable bonds is 1. The van der Waals surface area contributed by atoms with Crippen molar-refractivity contribution in [1.29, 1.82) is 0 Å². The lowest BCUT2D eigenvalue weighted by atomic mass is 10.3. The van der Waals surface area contributed by atoms with E-state index in [1.165, 1.54) is 0 Å². The zero-order valence-corrected chi connectivity index (χ0v) is 10.1. The van der Waals surface area contributed by atoms with E-state index in [1.54, 1.807) is 0 Å². The van der Waals surface area contributed by atoms with Crippen molar-refractivity contribution in [2.45, 2.75) is 0 Å². The van der Waals surface area contributed by atoms with Gasteiger partial charge in [-0.25, -0.2) is 4.98 Å². The van der Waals surface area contributed by atoms with Crippen LogP contribution in [-0.2, 0) is 0 Å². The molecular weight excluding hydrogens is 292 g/mol. The van der Waals surface area contributed by atoms with E-state index in [2.05, 4.69) is 9.97 Å². The number of hydrogen-bond donors (Lipinski definition) is 1. The number of nitro groups is 1. The Labute approximate surface area is 108 Å². The van der Waals surface area contributed by atoms with E-state index >= 15 is 0 Å². The molecular formula is C8H2Cl3N3O3. The molecule has 6 nitrogen and oxygen atoms in total. The second-order valence-corrected chi connectivity index (χ2v) is 4.13. The molecule has 0 amide bonds. The monoisotopic (exact) mass is 293 g/mol. The summed E-state index contributed by atoms with van der Waals surface area (Å²) in [4.78, 5) is 27.6. The lowest BCUT2D eigenvalue weighted by Gasteiger charge is -2.03. The van der Waals surface area contributed by atoms with Crippen LogP contribution in [0.5, 0.6) is 0 Å². The number of aromatic nitrogens is 2. The topological polar surface area (TPSA) is 88.9 Å². The van der Waals surface area contributed by atoms with Crippen LogP contribution < -0.4 is 5.43 Å². The molecule has 0 fully saturated rings. The van der Waals surface area contributed by atoms with Crippen molar-refractivity contribution in [2.75, 3.05) is 0 Å². The molecule has 0 atom stereocenters. The molecule has 88 valence electrons. The highest BCUT2D eigenvalue weighted by Gasteiger charge is 2.19. The maximum Gasteiger partial charge on any atom is 0.334 e. The molecule has 0 aromatic carbocycles. The lowest BCUT2D eigenvalue weighted by molar-refractivity contribution is -0.386. The Kier molecular flexibility index (Phi) is 2.94. The molecule has 0 aliphatic carbocycles. The van der Waals surface area contributed by atoms with E-state index in [0.29, 0.717) is 0 Å². The van der Waals surface area contributed by atoms with Crippen LogP contribution in [0.25, 0.3) is 11.0 Å². The van der Waals surface area contributed by atoms with Crippen molar-refractivity contribution in [3.63, 3.8) is 0 Å². The van der Waals surface area contributed by atoms with E-state index in [1.807, 2.05) is 0 Å².